The summed E-state index contributed by atoms with van der Waals surface area (Å²) >= 11 is 0. The minimum absolute atomic E-state index is 0.0274. The number of methoxy groups -OCH3 is 1. The second-order valence-electron chi connectivity index (χ2n) is 12.6. The lowest BCUT2D eigenvalue weighted by Crippen LogP contribution is -2.65. The second kappa shape index (κ2) is 12.0. The van der Waals surface area contributed by atoms with Gasteiger partial charge in [-0.1, -0.05) is 42.5 Å². The third-order valence-corrected chi connectivity index (χ3v) is 9.69. The van der Waals surface area contributed by atoms with Gasteiger partial charge in [0.05, 0.1) is 18.7 Å². The molecule has 11 heteroatoms. The smallest absolute Gasteiger partial charge is 0.255 e. The summed E-state index contributed by atoms with van der Waals surface area (Å²) < 4.78 is 5.21. The Labute approximate surface area is 271 Å². The van der Waals surface area contributed by atoms with Crippen molar-refractivity contribution in [3.8, 4) is 22.6 Å². The zero-order chi connectivity index (χ0) is 33.8. The molecule has 7 N–H and O–H groups in total. The van der Waals surface area contributed by atoms with E-state index in [1.807, 2.05) is 48.5 Å². The van der Waals surface area contributed by atoms with Crippen molar-refractivity contribution in [2.24, 2.45) is 17.6 Å². The first-order chi connectivity index (χ1) is 22.4. The number of hydrogen-bond acceptors (Lipinski definition) is 10. The number of nitrogens with zero attached hydrogens (tertiary/aromatic N) is 1. The van der Waals surface area contributed by atoms with Crippen molar-refractivity contribution in [1.29, 1.82) is 0 Å². The maximum absolute atomic E-state index is 14.1. The Morgan fingerprint density at radius 2 is 1.60 bits per heavy atom. The van der Waals surface area contributed by atoms with E-state index in [1.54, 1.807) is 27.3 Å². The van der Waals surface area contributed by atoms with E-state index in [0.717, 1.165) is 28.0 Å². The van der Waals surface area contributed by atoms with Crippen LogP contribution in [0, 0.1) is 11.8 Å². The number of nitrogens with two attached hydrogens (primary N) is 1. The molecule has 3 aromatic rings. The first kappa shape index (κ1) is 32.0. The maximum atomic E-state index is 14.1. The van der Waals surface area contributed by atoms with Gasteiger partial charge in [-0.3, -0.25) is 19.3 Å². The van der Waals surface area contributed by atoms with Crippen LogP contribution in [0.15, 0.2) is 77.6 Å². The molecule has 4 atom stereocenters. The number of phenolic OH excluding ortho intramolecular Hbond substituents is 1. The van der Waals surface area contributed by atoms with Gasteiger partial charge in [0.15, 0.2) is 11.4 Å². The lowest BCUT2D eigenvalue weighted by atomic mass is 9.57. The zero-order valence-corrected chi connectivity index (χ0v) is 26.3. The fraction of sp³-hybridized carbons (Fsp3) is 0.306. The number of aliphatic hydroxyl groups is 3. The number of rotatable bonds is 8. The number of Topliss-reactive ketones (excluding diaryl/α,β-unsaturated/α-hetero) is 2. The SMILES string of the molecule is COc1ccc(CNCc2ccc(-c3ccc(O)c4c3C[C@H]3C[C@H]5[C@H](N(C)C)C(=O)C(C(N)=O)=C(O)[C@@]5(O)C(=O)C3=C4O)cc2)cc1. The number of aromatic hydroxyl groups is 1. The number of ketones is 2. The number of fused-ring (bicyclic) bond motifs is 3. The molecule has 0 unspecified atom stereocenters. The molecule has 0 heterocycles. The van der Waals surface area contributed by atoms with E-state index in [-0.39, 0.29) is 29.7 Å². The summed E-state index contributed by atoms with van der Waals surface area (Å²) in [5.74, 6) is -5.95. The van der Waals surface area contributed by atoms with Gasteiger partial charge in [-0.05, 0) is 78.9 Å². The molecule has 244 valence electrons. The summed E-state index contributed by atoms with van der Waals surface area (Å²) in [5, 5.41) is 48.7. The highest BCUT2D eigenvalue weighted by molar-refractivity contribution is 6.24. The number of phenols is 1. The number of likely N-dealkylation sites (N-methyl/N-ethyl adjacent to an activating group) is 1. The Hall–Kier alpha value is -4.97. The van der Waals surface area contributed by atoms with Crippen LogP contribution in [0.4, 0.5) is 0 Å². The van der Waals surface area contributed by atoms with Gasteiger partial charge in [0.1, 0.15) is 28.6 Å². The fourth-order valence-electron chi connectivity index (χ4n) is 7.41. The van der Waals surface area contributed by atoms with E-state index in [9.17, 15) is 34.8 Å². The number of aliphatic hydroxyl groups excluding tert-OH is 2. The van der Waals surface area contributed by atoms with E-state index in [0.29, 0.717) is 18.7 Å². The van der Waals surface area contributed by atoms with Gasteiger partial charge < -0.3 is 36.2 Å². The number of carbonyl (C=O) groups excluding carboxylic acids is 3. The second-order valence-corrected chi connectivity index (χ2v) is 12.6. The summed E-state index contributed by atoms with van der Waals surface area (Å²) in [6, 6.07) is 17.8. The van der Waals surface area contributed by atoms with Crippen molar-refractivity contribution in [3.63, 3.8) is 0 Å². The van der Waals surface area contributed by atoms with Crippen molar-refractivity contribution in [2.45, 2.75) is 37.6 Å². The molecule has 1 amide bonds. The van der Waals surface area contributed by atoms with Crippen LogP contribution in [-0.2, 0) is 33.9 Å². The number of amides is 1. The predicted molar refractivity (Wildman–Crippen MR) is 173 cm³/mol. The quantitative estimate of drug-likeness (QED) is 0.201. The van der Waals surface area contributed by atoms with Crippen LogP contribution < -0.4 is 15.8 Å². The van der Waals surface area contributed by atoms with Gasteiger partial charge in [0.25, 0.3) is 5.91 Å². The third kappa shape index (κ3) is 5.16. The summed E-state index contributed by atoms with van der Waals surface area (Å²) in [4.78, 5) is 41.1. The van der Waals surface area contributed by atoms with Crippen molar-refractivity contribution in [1.82, 2.24) is 10.2 Å². The molecule has 47 heavy (non-hydrogen) atoms. The minimum Gasteiger partial charge on any atom is -0.508 e. The Bertz CT molecular complexity index is 1840. The molecule has 0 spiro atoms. The topological polar surface area (TPSA) is 183 Å². The number of ether oxygens (including phenoxy) is 1. The van der Waals surface area contributed by atoms with E-state index in [4.69, 9.17) is 10.5 Å². The summed E-state index contributed by atoms with van der Waals surface area (Å²) in [7, 11) is 4.77. The van der Waals surface area contributed by atoms with E-state index in [2.05, 4.69) is 5.32 Å². The summed E-state index contributed by atoms with van der Waals surface area (Å²) in [5.41, 5.74) is 6.14. The average Bonchev–Trinajstić information content (AvgIpc) is 3.03. The highest BCUT2D eigenvalue weighted by atomic mass is 16.5. The van der Waals surface area contributed by atoms with Gasteiger partial charge in [-0.15, -0.1) is 0 Å². The molecule has 0 aliphatic heterocycles. The molecule has 0 saturated heterocycles. The number of hydrogen-bond donors (Lipinski definition) is 6. The van der Waals surface area contributed by atoms with Crippen LogP contribution >= 0.6 is 0 Å². The molecule has 11 nitrogen and oxygen atoms in total. The van der Waals surface area contributed by atoms with Crippen molar-refractivity contribution < 1.29 is 39.5 Å². The largest absolute Gasteiger partial charge is 0.508 e. The van der Waals surface area contributed by atoms with Crippen molar-refractivity contribution in [3.05, 3.63) is 99.8 Å². The molecule has 0 aromatic heterocycles. The summed E-state index contributed by atoms with van der Waals surface area (Å²) in [6.45, 7) is 1.31. The van der Waals surface area contributed by atoms with Gasteiger partial charge >= 0.3 is 0 Å². The molecular weight excluding hydrogens is 602 g/mol. The molecule has 6 rings (SSSR count). The number of primary amides is 1. The number of benzene rings is 3. The minimum atomic E-state index is -2.67. The Balaban J connectivity index is 1.32. The van der Waals surface area contributed by atoms with E-state index >= 15 is 0 Å². The normalized spacial score (nSPS) is 23.8. The molecular formula is C36H37N3O8. The Kier molecular flexibility index (Phi) is 8.17. The van der Waals surface area contributed by atoms with Gasteiger partial charge in [-0.2, -0.15) is 0 Å². The number of nitrogens with one attached hydrogen (secondary N) is 1. The van der Waals surface area contributed by atoms with Crippen LogP contribution in [0.2, 0.25) is 0 Å². The molecule has 1 fully saturated rings. The first-order valence-corrected chi connectivity index (χ1v) is 15.3. The molecule has 1 saturated carbocycles. The molecule has 0 bridgehead atoms. The average molecular weight is 640 g/mol. The van der Waals surface area contributed by atoms with E-state index < -0.39 is 58.0 Å². The van der Waals surface area contributed by atoms with Gasteiger partial charge in [-0.25, -0.2) is 0 Å². The van der Waals surface area contributed by atoms with Crippen LogP contribution in [0.5, 0.6) is 11.5 Å². The third-order valence-electron chi connectivity index (χ3n) is 9.69. The van der Waals surface area contributed by atoms with E-state index in [1.165, 1.54) is 11.0 Å². The van der Waals surface area contributed by atoms with Crippen LogP contribution in [-0.4, -0.2) is 75.6 Å². The molecule has 0 radical (unpaired) electrons. The van der Waals surface area contributed by atoms with Crippen LogP contribution in [0.1, 0.15) is 28.7 Å². The number of carbonyl (C=O) groups is 3. The zero-order valence-electron chi connectivity index (χ0n) is 26.3. The highest BCUT2D eigenvalue weighted by Gasteiger charge is 2.64. The van der Waals surface area contributed by atoms with Crippen molar-refractivity contribution in [2.75, 3.05) is 21.2 Å². The monoisotopic (exact) mass is 639 g/mol. The standard InChI is InChI=1S/C36H37N3O8/c1-39(2)30-25-15-21-14-24-23(20-8-4-18(5-9-20)16-38-17-19-6-10-22(47-3)11-7-19)12-13-26(40)28(24)31(41)27(21)33(43)36(25,46)34(44)29(32(30)42)35(37)45/h4-13,21,25,30,38,40-41,44,46H,14-17H2,1-3H3,(H2,37,45)/t21-,25-,30-,36-/m0/s1. The molecule has 3 aliphatic rings. The lowest BCUT2D eigenvalue weighted by molar-refractivity contribution is -0.153. The Morgan fingerprint density at radius 1 is 0.979 bits per heavy atom. The Morgan fingerprint density at radius 3 is 2.17 bits per heavy atom. The van der Waals surface area contributed by atoms with Crippen LogP contribution in [0.3, 0.4) is 0 Å². The molecule has 3 aromatic carbocycles. The lowest BCUT2D eigenvalue weighted by Gasteiger charge is -2.50. The van der Waals surface area contributed by atoms with Crippen LogP contribution in [0.25, 0.3) is 16.9 Å². The highest BCUT2D eigenvalue weighted by Crippen LogP contribution is 2.53. The predicted octanol–water partition coefficient (Wildman–Crippen LogP) is 2.93. The van der Waals surface area contributed by atoms with Gasteiger partial charge in [0, 0.05) is 24.6 Å². The molecule has 3 aliphatic carbocycles. The van der Waals surface area contributed by atoms with Gasteiger partial charge in [0.2, 0.25) is 5.78 Å². The van der Waals surface area contributed by atoms with Crippen molar-refractivity contribution >= 4 is 23.2 Å². The fourth-order valence-corrected chi connectivity index (χ4v) is 7.41. The first-order valence-electron chi connectivity index (χ1n) is 15.3. The summed E-state index contributed by atoms with van der Waals surface area (Å²) in [6.07, 6.45) is 0.239. The maximum Gasteiger partial charge on any atom is 0.255 e.